The van der Waals surface area contributed by atoms with Crippen LogP contribution in [0.15, 0.2) is 24.3 Å². The van der Waals surface area contributed by atoms with E-state index in [2.05, 4.69) is 16.3 Å². The zero-order valence-corrected chi connectivity index (χ0v) is 14.5. The summed E-state index contributed by atoms with van der Waals surface area (Å²) in [6.07, 6.45) is 3.68. The summed E-state index contributed by atoms with van der Waals surface area (Å²) in [4.78, 5) is 13.8. The predicted octanol–water partition coefficient (Wildman–Crippen LogP) is 2.66. The maximum absolute atomic E-state index is 11.3. The van der Waals surface area contributed by atoms with Crippen molar-refractivity contribution in [3.63, 3.8) is 0 Å². The van der Waals surface area contributed by atoms with E-state index in [0.29, 0.717) is 12.0 Å². The van der Waals surface area contributed by atoms with Crippen molar-refractivity contribution in [2.45, 2.75) is 38.8 Å². The molecule has 2 fully saturated rings. The highest BCUT2D eigenvalue weighted by Crippen LogP contribution is 2.22. The van der Waals surface area contributed by atoms with E-state index in [-0.39, 0.29) is 5.91 Å². The highest BCUT2D eigenvalue weighted by Gasteiger charge is 2.23. The molecule has 5 nitrogen and oxygen atoms in total. The van der Waals surface area contributed by atoms with Gasteiger partial charge in [-0.05, 0) is 30.9 Å². The Labute approximate surface area is 144 Å². The van der Waals surface area contributed by atoms with Gasteiger partial charge >= 0.3 is 0 Å². The zero-order chi connectivity index (χ0) is 16.8. The fourth-order valence-corrected chi connectivity index (χ4v) is 3.43. The maximum Gasteiger partial charge on any atom is 0.221 e. The van der Waals surface area contributed by atoms with Crippen molar-refractivity contribution in [3.8, 4) is 0 Å². The molecule has 0 aliphatic carbocycles. The third-order valence-corrected chi connectivity index (χ3v) is 4.85. The van der Waals surface area contributed by atoms with E-state index in [1.54, 1.807) is 6.92 Å². The normalized spacial score (nSPS) is 22.6. The average molecular weight is 332 g/mol. The monoisotopic (exact) mass is 332 g/mol. The minimum Gasteiger partial charge on any atom is -0.381 e. The van der Waals surface area contributed by atoms with E-state index < -0.39 is 0 Å². The topological polar surface area (TPSA) is 50.8 Å². The summed E-state index contributed by atoms with van der Waals surface area (Å²) >= 11 is 0. The van der Waals surface area contributed by atoms with Gasteiger partial charge in [-0.3, -0.25) is 9.69 Å². The van der Waals surface area contributed by atoms with Crippen LogP contribution in [0.3, 0.4) is 0 Å². The van der Waals surface area contributed by atoms with Crippen LogP contribution in [0.5, 0.6) is 0 Å². The Bertz CT molecular complexity index is 535. The number of amides is 1. The molecule has 1 atom stereocenters. The van der Waals surface area contributed by atoms with Crippen molar-refractivity contribution >= 4 is 11.6 Å². The first-order valence-corrected chi connectivity index (χ1v) is 8.98. The van der Waals surface area contributed by atoms with Gasteiger partial charge in [0.05, 0.1) is 19.3 Å². The van der Waals surface area contributed by atoms with E-state index in [1.165, 1.54) is 5.56 Å². The molecular weight excluding hydrogens is 304 g/mol. The Morgan fingerprint density at radius 3 is 2.79 bits per heavy atom. The van der Waals surface area contributed by atoms with Gasteiger partial charge in [-0.25, -0.2) is 0 Å². The number of rotatable bonds is 6. The maximum atomic E-state index is 11.3. The molecule has 2 saturated heterocycles. The lowest BCUT2D eigenvalue weighted by molar-refractivity contribution is -0.114. The summed E-state index contributed by atoms with van der Waals surface area (Å²) in [6.45, 7) is 7.10. The number of hydrogen-bond acceptors (Lipinski definition) is 4. The fourth-order valence-electron chi connectivity index (χ4n) is 3.43. The third-order valence-electron chi connectivity index (χ3n) is 4.85. The van der Waals surface area contributed by atoms with Gasteiger partial charge in [0.1, 0.15) is 0 Å². The van der Waals surface area contributed by atoms with E-state index >= 15 is 0 Å². The number of nitrogens with zero attached hydrogens (tertiary/aromatic N) is 1. The smallest absolute Gasteiger partial charge is 0.221 e. The number of piperidine rings is 1. The van der Waals surface area contributed by atoms with Gasteiger partial charge < -0.3 is 14.8 Å². The summed E-state index contributed by atoms with van der Waals surface area (Å²) in [6, 6.07) is 8.05. The number of carbonyl (C=O) groups is 1. The molecule has 1 aromatic rings. The first-order chi connectivity index (χ1) is 11.7. The molecule has 0 radical (unpaired) electrons. The highest BCUT2D eigenvalue weighted by atomic mass is 16.5. The fraction of sp³-hybridized carbons (Fsp3) is 0.632. The van der Waals surface area contributed by atoms with E-state index in [1.807, 2.05) is 18.2 Å². The van der Waals surface area contributed by atoms with Crippen molar-refractivity contribution < 1.29 is 14.3 Å². The van der Waals surface area contributed by atoms with Crippen LogP contribution in [-0.2, 0) is 20.8 Å². The Morgan fingerprint density at radius 1 is 1.29 bits per heavy atom. The molecule has 2 heterocycles. The van der Waals surface area contributed by atoms with Crippen LogP contribution in [0, 0.1) is 5.92 Å². The Kier molecular flexibility index (Phi) is 6.24. The van der Waals surface area contributed by atoms with E-state index in [4.69, 9.17) is 9.47 Å². The molecule has 0 saturated carbocycles. The lowest BCUT2D eigenvalue weighted by Crippen LogP contribution is -2.37. The molecule has 1 aromatic carbocycles. The lowest BCUT2D eigenvalue weighted by Gasteiger charge is -2.32. The summed E-state index contributed by atoms with van der Waals surface area (Å²) in [7, 11) is 0. The minimum atomic E-state index is -0.0227. The molecule has 3 rings (SSSR count). The van der Waals surface area contributed by atoms with Gasteiger partial charge in [-0.1, -0.05) is 18.2 Å². The van der Waals surface area contributed by atoms with Gasteiger partial charge in [-0.2, -0.15) is 0 Å². The number of carbonyl (C=O) groups excluding carboxylic acids is 1. The number of benzene rings is 1. The molecule has 0 unspecified atom stereocenters. The zero-order valence-electron chi connectivity index (χ0n) is 14.5. The van der Waals surface area contributed by atoms with Crippen LogP contribution < -0.4 is 5.32 Å². The minimum absolute atomic E-state index is 0.0227. The Morgan fingerprint density at radius 2 is 2.08 bits per heavy atom. The molecule has 2 aliphatic heterocycles. The average Bonchev–Trinajstić information content (AvgIpc) is 3.09. The van der Waals surface area contributed by atoms with Gasteiger partial charge in [0.15, 0.2) is 0 Å². The molecule has 1 amide bonds. The molecule has 0 aromatic heterocycles. The van der Waals surface area contributed by atoms with Crippen molar-refractivity contribution in [1.29, 1.82) is 0 Å². The van der Waals surface area contributed by atoms with Crippen molar-refractivity contribution in [3.05, 3.63) is 29.8 Å². The number of anilines is 1. The first kappa shape index (κ1) is 17.4. The van der Waals surface area contributed by atoms with Crippen LogP contribution in [0.1, 0.15) is 31.7 Å². The summed E-state index contributed by atoms with van der Waals surface area (Å²) in [5, 5.41) is 2.92. The number of ether oxygens (including phenoxy) is 2. The second kappa shape index (κ2) is 8.60. The lowest BCUT2D eigenvalue weighted by atomic mass is 10.1. The second-order valence-electron chi connectivity index (χ2n) is 6.88. The number of likely N-dealkylation sites (tertiary alicyclic amines) is 1. The number of para-hydroxylation sites is 1. The summed E-state index contributed by atoms with van der Waals surface area (Å²) < 4.78 is 11.5. The number of nitrogens with one attached hydrogen (secondary N) is 1. The largest absolute Gasteiger partial charge is 0.381 e. The molecule has 2 aliphatic rings. The third kappa shape index (κ3) is 5.03. The van der Waals surface area contributed by atoms with Gasteiger partial charge in [0.2, 0.25) is 5.91 Å². The van der Waals surface area contributed by atoms with Crippen LogP contribution in [0.25, 0.3) is 0 Å². The number of hydrogen-bond donors (Lipinski definition) is 1. The predicted molar refractivity (Wildman–Crippen MR) is 93.9 cm³/mol. The quantitative estimate of drug-likeness (QED) is 0.870. The second-order valence-corrected chi connectivity index (χ2v) is 6.88. The van der Waals surface area contributed by atoms with Crippen molar-refractivity contribution in [1.82, 2.24) is 4.90 Å². The van der Waals surface area contributed by atoms with Gasteiger partial charge in [0.25, 0.3) is 0 Å². The van der Waals surface area contributed by atoms with Crippen LogP contribution in [0.2, 0.25) is 0 Å². The van der Waals surface area contributed by atoms with Crippen LogP contribution in [0.4, 0.5) is 5.69 Å². The highest BCUT2D eigenvalue weighted by molar-refractivity contribution is 5.89. The van der Waals surface area contributed by atoms with Crippen molar-refractivity contribution in [2.24, 2.45) is 5.92 Å². The van der Waals surface area contributed by atoms with Crippen molar-refractivity contribution in [2.75, 3.05) is 38.2 Å². The van der Waals surface area contributed by atoms with Gasteiger partial charge in [0, 0.05) is 44.8 Å². The molecule has 1 N–H and O–H groups in total. The SMILES string of the molecule is CC(=O)Nc1ccccc1CN1CCC(OC[C@@H]2CCOC2)CC1. The molecule has 0 spiro atoms. The molecular formula is C19H28N2O3. The molecule has 24 heavy (non-hydrogen) atoms. The summed E-state index contributed by atoms with van der Waals surface area (Å²) in [5.41, 5.74) is 2.10. The standard InChI is InChI=1S/C19H28N2O3/c1-15(22)20-19-5-3-2-4-17(19)12-21-9-6-18(7-10-21)24-14-16-8-11-23-13-16/h2-5,16,18H,6-14H2,1H3,(H,20,22)/t16-/m1/s1. The van der Waals surface area contributed by atoms with Crippen LogP contribution >= 0.6 is 0 Å². The molecule has 5 heteroatoms. The molecule has 0 bridgehead atoms. The van der Waals surface area contributed by atoms with Gasteiger partial charge in [-0.15, -0.1) is 0 Å². The van der Waals surface area contributed by atoms with Crippen LogP contribution in [-0.4, -0.2) is 49.8 Å². The Hall–Kier alpha value is -1.43. The summed E-state index contributed by atoms with van der Waals surface area (Å²) in [5.74, 6) is 0.568. The van der Waals surface area contributed by atoms with E-state index in [0.717, 1.165) is 64.4 Å². The molecule has 132 valence electrons. The Balaban J connectivity index is 1.44. The first-order valence-electron chi connectivity index (χ1n) is 8.98. The van der Waals surface area contributed by atoms with E-state index in [9.17, 15) is 4.79 Å².